The molecule has 0 spiro atoms. The van der Waals surface area contributed by atoms with Gasteiger partial charge in [0.2, 0.25) is 0 Å². The van der Waals surface area contributed by atoms with E-state index >= 15 is 0 Å². The van der Waals surface area contributed by atoms with Crippen molar-refractivity contribution in [1.82, 2.24) is 9.38 Å². The molecule has 0 saturated carbocycles. The molecule has 0 atom stereocenters. The number of carbonyl (C=O) groups excluding carboxylic acids is 1. The smallest absolute Gasteiger partial charge is 0.282 e. The van der Waals surface area contributed by atoms with E-state index in [1.807, 2.05) is 24.3 Å². The van der Waals surface area contributed by atoms with E-state index in [0.717, 1.165) is 10.2 Å². The molecule has 0 aliphatic rings. The monoisotopic (exact) mass is 351 g/mol. The lowest BCUT2D eigenvalue weighted by atomic mass is 10.2. The van der Waals surface area contributed by atoms with Crippen molar-refractivity contribution in [1.29, 1.82) is 0 Å². The van der Waals surface area contributed by atoms with Crippen molar-refractivity contribution in [2.45, 2.75) is 0 Å². The Morgan fingerprint density at radius 3 is 2.76 bits per heavy atom. The molecule has 2 aromatic heterocycles. The molecule has 0 unspecified atom stereocenters. The summed E-state index contributed by atoms with van der Waals surface area (Å²) in [7, 11) is 1.49. The third kappa shape index (κ3) is 2.54. The number of carbonyl (C=O) groups is 1. The Bertz CT molecular complexity index is 1160. The average molecular weight is 351 g/mol. The number of para-hydroxylation sites is 2. The summed E-state index contributed by atoms with van der Waals surface area (Å²) < 4.78 is 7.66. The highest BCUT2D eigenvalue weighted by Gasteiger charge is 2.16. The highest BCUT2D eigenvalue weighted by molar-refractivity contribution is 7.23. The summed E-state index contributed by atoms with van der Waals surface area (Å²) in [6.07, 6.45) is 1.39. The van der Waals surface area contributed by atoms with Crippen LogP contribution in [0.5, 0.6) is 5.75 Å². The van der Waals surface area contributed by atoms with Crippen molar-refractivity contribution in [3.8, 4) is 5.75 Å². The van der Waals surface area contributed by atoms with Crippen LogP contribution in [0.3, 0.4) is 0 Å². The Morgan fingerprint density at radius 2 is 1.92 bits per heavy atom. The molecule has 4 aromatic rings. The Balaban J connectivity index is 1.80. The molecule has 1 amide bonds. The maximum absolute atomic E-state index is 12.8. The molecule has 2 aromatic carbocycles. The lowest BCUT2D eigenvalue weighted by Gasteiger charge is -2.08. The van der Waals surface area contributed by atoms with E-state index in [1.165, 1.54) is 29.0 Å². The van der Waals surface area contributed by atoms with Gasteiger partial charge in [-0.25, -0.2) is 9.38 Å². The van der Waals surface area contributed by atoms with Gasteiger partial charge in [-0.05, 0) is 24.3 Å². The molecule has 0 saturated heterocycles. The van der Waals surface area contributed by atoms with Gasteiger partial charge in [0.05, 0.1) is 29.1 Å². The summed E-state index contributed by atoms with van der Waals surface area (Å²) in [6, 6.07) is 14.4. The van der Waals surface area contributed by atoms with Crippen LogP contribution < -0.4 is 15.6 Å². The van der Waals surface area contributed by atoms with Crippen LogP contribution in [0.4, 0.5) is 5.69 Å². The molecular formula is C18H13N3O3S. The number of ether oxygens (including phenoxy) is 1. The van der Waals surface area contributed by atoms with Gasteiger partial charge in [-0.2, -0.15) is 0 Å². The third-order valence-electron chi connectivity index (χ3n) is 3.84. The summed E-state index contributed by atoms with van der Waals surface area (Å²) in [5.74, 6) is 0.0194. The number of fused-ring (bicyclic) bond motifs is 3. The molecule has 4 rings (SSSR count). The van der Waals surface area contributed by atoms with E-state index in [-0.39, 0.29) is 11.2 Å². The van der Waals surface area contributed by atoms with Crippen molar-refractivity contribution in [2.75, 3.05) is 12.4 Å². The number of rotatable bonds is 3. The highest BCUT2D eigenvalue weighted by Crippen LogP contribution is 2.24. The van der Waals surface area contributed by atoms with Crippen LogP contribution in [0.25, 0.3) is 15.2 Å². The van der Waals surface area contributed by atoms with Crippen molar-refractivity contribution in [3.05, 3.63) is 70.6 Å². The maximum atomic E-state index is 12.8. The van der Waals surface area contributed by atoms with Gasteiger partial charge < -0.3 is 10.1 Å². The Labute approximate surface area is 146 Å². The Hall–Kier alpha value is -3.19. The molecule has 0 aliphatic heterocycles. The molecule has 0 aliphatic carbocycles. The molecule has 25 heavy (non-hydrogen) atoms. The quantitative estimate of drug-likeness (QED) is 0.615. The van der Waals surface area contributed by atoms with Crippen molar-refractivity contribution < 1.29 is 9.53 Å². The molecule has 6 nitrogen and oxygen atoms in total. The number of anilines is 1. The Morgan fingerprint density at radius 1 is 1.16 bits per heavy atom. The fraction of sp³-hybridized carbons (Fsp3) is 0.0556. The molecule has 124 valence electrons. The van der Waals surface area contributed by atoms with Gasteiger partial charge in [0, 0.05) is 0 Å². The summed E-state index contributed by atoms with van der Waals surface area (Å²) in [6.45, 7) is 0. The topological polar surface area (TPSA) is 72.7 Å². The van der Waals surface area contributed by atoms with Crippen molar-refractivity contribution in [2.24, 2.45) is 0 Å². The molecule has 0 fully saturated rings. The lowest BCUT2D eigenvalue weighted by molar-refractivity contribution is 0.102. The second kappa shape index (κ2) is 6.03. The first kappa shape index (κ1) is 15.3. The number of thiazole rings is 1. The SMILES string of the molecule is COc1ccccc1C(=O)Nc1cnc2sc3ccccc3n2c1=O. The van der Waals surface area contributed by atoms with E-state index in [9.17, 15) is 9.59 Å². The molecule has 1 N–H and O–H groups in total. The lowest BCUT2D eigenvalue weighted by Crippen LogP contribution is -2.23. The molecular weight excluding hydrogens is 338 g/mol. The largest absolute Gasteiger partial charge is 0.496 e. The van der Waals surface area contributed by atoms with E-state index in [0.29, 0.717) is 16.3 Å². The number of methoxy groups -OCH3 is 1. The fourth-order valence-corrected chi connectivity index (χ4v) is 3.64. The molecule has 0 bridgehead atoms. The standard InChI is InChI=1S/C18H13N3O3S/c1-24-14-8-4-2-6-11(14)16(22)20-12-10-19-18-21(17(12)23)13-7-3-5-9-15(13)25-18/h2-10H,1H3,(H,20,22). The normalized spacial score (nSPS) is 10.9. The summed E-state index contributed by atoms with van der Waals surface area (Å²) in [5, 5.41) is 2.64. The fourth-order valence-electron chi connectivity index (χ4n) is 2.66. The minimum Gasteiger partial charge on any atom is -0.496 e. The van der Waals surface area contributed by atoms with Crippen LogP contribution in [-0.2, 0) is 0 Å². The first-order chi connectivity index (χ1) is 12.2. The first-order valence-electron chi connectivity index (χ1n) is 7.52. The number of benzene rings is 2. The zero-order chi connectivity index (χ0) is 17.4. The summed E-state index contributed by atoms with van der Waals surface area (Å²) in [4.78, 5) is 30.2. The Kier molecular flexibility index (Phi) is 3.70. The number of nitrogens with zero attached hydrogens (tertiary/aromatic N) is 2. The maximum Gasteiger partial charge on any atom is 0.282 e. The third-order valence-corrected chi connectivity index (χ3v) is 4.87. The minimum absolute atomic E-state index is 0.122. The molecule has 7 heteroatoms. The van der Waals surface area contributed by atoms with Crippen molar-refractivity contribution in [3.63, 3.8) is 0 Å². The van der Waals surface area contributed by atoms with Gasteiger partial charge in [0.15, 0.2) is 4.96 Å². The second-order valence-electron chi connectivity index (χ2n) is 5.32. The zero-order valence-corrected chi connectivity index (χ0v) is 14.0. The van der Waals surface area contributed by atoms with Gasteiger partial charge in [0.25, 0.3) is 11.5 Å². The first-order valence-corrected chi connectivity index (χ1v) is 8.34. The van der Waals surface area contributed by atoms with Crippen molar-refractivity contribution >= 4 is 38.1 Å². The van der Waals surface area contributed by atoms with E-state index in [2.05, 4.69) is 10.3 Å². The van der Waals surface area contributed by atoms with Gasteiger partial charge in [-0.1, -0.05) is 35.6 Å². The van der Waals surface area contributed by atoms with Gasteiger partial charge in [0.1, 0.15) is 11.4 Å². The van der Waals surface area contributed by atoms with Crippen LogP contribution in [0.15, 0.2) is 59.5 Å². The van der Waals surface area contributed by atoms with Crippen LogP contribution in [0.1, 0.15) is 10.4 Å². The zero-order valence-electron chi connectivity index (χ0n) is 13.2. The highest BCUT2D eigenvalue weighted by atomic mass is 32.1. The number of aromatic nitrogens is 2. The number of nitrogens with one attached hydrogen (secondary N) is 1. The van der Waals surface area contributed by atoms with Gasteiger partial charge >= 0.3 is 0 Å². The van der Waals surface area contributed by atoms with Gasteiger partial charge in [-0.3, -0.25) is 9.59 Å². The average Bonchev–Trinajstić information content (AvgIpc) is 3.03. The predicted molar refractivity (Wildman–Crippen MR) is 97.8 cm³/mol. The molecule has 2 heterocycles. The molecule has 0 radical (unpaired) electrons. The van der Waals surface area contributed by atoms with Gasteiger partial charge in [-0.15, -0.1) is 0 Å². The minimum atomic E-state index is -0.421. The van der Waals surface area contributed by atoms with E-state index in [1.54, 1.807) is 24.3 Å². The predicted octanol–water partition coefficient (Wildman–Crippen LogP) is 3.17. The summed E-state index contributed by atoms with van der Waals surface area (Å²) in [5.41, 5.74) is 0.931. The van der Waals surface area contributed by atoms with Crippen LogP contribution in [0.2, 0.25) is 0 Å². The second-order valence-corrected chi connectivity index (χ2v) is 6.33. The summed E-state index contributed by atoms with van der Waals surface area (Å²) >= 11 is 1.43. The number of hydrogen-bond donors (Lipinski definition) is 1. The van der Waals surface area contributed by atoms with Crippen LogP contribution in [-0.4, -0.2) is 22.4 Å². The number of hydrogen-bond acceptors (Lipinski definition) is 5. The van der Waals surface area contributed by atoms with E-state index < -0.39 is 5.91 Å². The van der Waals surface area contributed by atoms with E-state index in [4.69, 9.17) is 4.74 Å². The number of amides is 1. The van der Waals surface area contributed by atoms with Crippen LogP contribution >= 0.6 is 11.3 Å². The van der Waals surface area contributed by atoms with Crippen LogP contribution in [0, 0.1) is 0 Å².